The van der Waals surface area contributed by atoms with Crippen LogP contribution < -0.4 is 5.73 Å². The Morgan fingerprint density at radius 2 is 1.61 bits per heavy atom. The van der Waals surface area contributed by atoms with Crippen LogP contribution in [0.3, 0.4) is 0 Å². The van der Waals surface area contributed by atoms with Gasteiger partial charge in [0.25, 0.3) is 0 Å². The summed E-state index contributed by atoms with van der Waals surface area (Å²) in [4.78, 5) is 0. The second-order valence-electron chi connectivity index (χ2n) is 11.2. The topological polar surface area (TPSA) is 26.0 Å². The molecular formula is C35H55N. The summed E-state index contributed by atoms with van der Waals surface area (Å²) in [6.45, 7) is 23.3. The predicted octanol–water partition coefficient (Wildman–Crippen LogP) is 11.0. The number of anilines is 1. The SMILES string of the molecule is C.C.C=C(C)c1ccc(N)cc1.C=Cc1cc2c(c(C)c1/C=C(\C)C1CC1)CCC2.CCC(C)(C)C. The summed E-state index contributed by atoms with van der Waals surface area (Å²) in [6, 6.07) is 10.1. The van der Waals surface area contributed by atoms with Crippen molar-refractivity contribution in [2.45, 2.75) is 102 Å². The molecule has 0 bridgehead atoms. The number of allylic oxidation sites excluding steroid dienone is 2. The fourth-order valence-corrected chi connectivity index (χ4v) is 4.01. The lowest BCUT2D eigenvalue weighted by Crippen LogP contribution is -2.00. The highest BCUT2D eigenvalue weighted by atomic mass is 14.5. The lowest BCUT2D eigenvalue weighted by Gasteiger charge is -2.13. The first kappa shape index (κ1) is 33.5. The van der Waals surface area contributed by atoms with Crippen molar-refractivity contribution in [3.05, 3.63) is 82.4 Å². The van der Waals surface area contributed by atoms with Gasteiger partial charge >= 0.3 is 0 Å². The van der Waals surface area contributed by atoms with Crippen LogP contribution in [-0.4, -0.2) is 0 Å². The first-order valence-electron chi connectivity index (χ1n) is 12.9. The fraction of sp³-hybridized carbons (Fsp3) is 0.486. The van der Waals surface area contributed by atoms with E-state index in [4.69, 9.17) is 5.73 Å². The summed E-state index contributed by atoms with van der Waals surface area (Å²) in [5, 5.41) is 0. The molecule has 200 valence electrons. The van der Waals surface area contributed by atoms with Gasteiger partial charge in [0.1, 0.15) is 0 Å². The van der Waals surface area contributed by atoms with Crippen molar-refractivity contribution in [2.24, 2.45) is 11.3 Å². The maximum atomic E-state index is 5.50. The Balaban J connectivity index is 0.000000582. The van der Waals surface area contributed by atoms with Gasteiger partial charge in [0.15, 0.2) is 0 Å². The zero-order valence-corrected chi connectivity index (χ0v) is 22.9. The Hall–Kier alpha value is -2.54. The highest BCUT2D eigenvalue weighted by Gasteiger charge is 2.24. The molecule has 0 atom stereocenters. The lowest BCUT2D eigenvalue weighted by molar-refractivity contribution is 0.398. The molecule has 0 aromatic heterocycles. The molecule has 36 heavy (non-hydrogen) atoms. The maximum absolute atomic E-state index is 5.50. The molecule has 2 aliphatic rings. The van der Waals surface area contributed by atoms with Gasteiger partial charge < -0.3 is 5.73 Å². The number of hydrogen-bond donors (Lipinski definition) is 1. The quantitative estimate of drug-likeness (QED) is 0.424. The number of rotatable bonds is 4. The van der Waals surface area contributed by atoms with Crippen LogP contribution in [0.25, 0.3) is 17.7 Å². The smallest absolute Gasteiger partial charge is 0.0314 e. The molecule has 0 aliphatic heterocycles. The van der Waals surface area contributed by atoms with Gasteiger partial charge in [0.2, 0.25) is 0 Å². The molecule has 1 saturated carbocycles. The van der Waals surface area contributed by atoms with E-state index in [0.29, 0.717) is 5.41 Å². The third-order valence-electron chi connectivity index (χ3n) is 7.04. The molecule has 2 aromatic rings. The molecule has 0 spiro atoms. The van der Waals surface area contributed by atoms with Crippen LogP contribution in [0.15, 0.2) is 49.1 Å². The first-order valence-corrected chi connectivity index (χ1v) is 12.9. The van der Waals surface area contributed by atoms with Crippen molar-refractivity contribution in [3.8, 4) is 0 Å². The first-order chi connectivity index (χ1) is 16.0. The third kappa shape index (κ3) is 10.2. The van der Waals surface area contributed by atoms with Gasteiger partial charge in [-0.15, -0.1) is 0 Å². The van der Waals surface area contributed by atoms with Gasteiger partial charge in [-0.1, -0.05) is 104 Å². The molecule has 0 saturated heterocycles. The van der Waals surface area contributed by atoms with Crippen LogP contribution in [-0.2, 0) is 12.8 Å². The van der Waals surface area contributed by atoms with Crippen molar-refractivity contribution >= 4 is 23.4 Å². The largest absolute Gasteiger partial charge is 0.399 e. The van der Waals surface area contributed by atoms with Crippen LogP contribution in [0.4, 0.5) is 5.69 Å². The molecule has 0 heterocycles. The van der Waals surface area contributed by atoms with E-state index in [1.165, 1.54) is 55.2 Å². The third-order valence-corrected chi connectivity index (χ3v) is 7.04. The van der Waals surface area contributed by atoms with E-state index in [1.54, 1.807) is 16.7 Å². The van der Waals surface area contributed by atoms with E-state index in [1.807, 2.05) is 37.3 Å². The number of nitrogens with two attached hydrogens (primary N) is 1. The van der Waals surface area contributed by atoms with Crippen LogP contribution in [0.1, 0.15) is 115 Å². The van der Waals surface area contributed by atoms with E-state index < -0.39 is 0 Å². The predicted molar refractivity (Wildman–Crippen MR) is 168 cm³/mol. The van der Waals surface area contributed by atoms with Crippen LogP contribution in [0.2, 0.25) is 0 Å². The monoisotopic (exact) mass is 489 g/mol. The number of fused-ring (bicyclic) bond motifs is 1. The van der Waals surface area contributed by atoms with Crippen molar-refractivity contribution < 1.29 is 0 Å². The van der Waals surface area contributed by atoms with E-state index in [9.17, 15) is 0 Å². The van der Waals surface area contributed by atoms with Gasteiger partial charge in [-0.05, 0) is 110 Å². The molecule has 2 aromatic carbocycles. The number of aryl methyl sites for hydroxylation is 1. The Morgan fingerprint density at radius 1 is 1.06 bits per heavy atom. The van der Waals surface area contributed by atoms with Crippen molar-refractivity contribution in [1.82, 2.24) is 0 Å². The lowest BCUT2D eigenvalue weighted by atomic mass is 9.92. The Labute approximate surface area is 224 Å². The van der Waals surface area contributed by atoms with Gasteiger partial charge in [-0.25, -0.2) is 0 Å². The molecule has 0 unspecified atom stereocenters. The second kappa shape index (κ2) is 14.9. The molecule has 1 fully saturated rings. The fourth-order valence-electron chi connectivity index (χ4n) is 4.01. The van der Waals surface area contributed by atoms with Crippen LogP contribution >= 0.6 is 0 Å². The summed E-state index contributed by atoms with van der Waals surface area (Å²) in [5.41, 5.74) is 18.0. The van der Waals surface area contributed by atoms with E-state index in [-0.39, 0.29) is 14.9 Å². The zero-order valence-electron chi connectivity index (χ0n) is 22.9. The highest BCUT2D eigenvalue weighted by Crippen LogP contribution is 2.39. The molecule has 4 rings (SSSR count). The number of nitrogen functional groups attached to an aromatic ring is 1. The summed E-state index contributed by atoms with van der Waals surface area (Å²) in [6.07, 6.45) is 12.3. The molecule has 2 aliphatic carbocycles. The van der Waals surface area contributed by atoms with Crippen molar-refractivity contribution in [3.63, 3.8) is 0 Å². The van der Waals surface area contributed by atoms with Crippen molar-refractivity contribution in [2.75, 3.05) is 5.73 Å². The molecule has 1 nitrogen and oxygen atoms in total. The minimum atomic E-state index is 0. The van der Waals surface area contributed by atoms with Gasteiger partial charge in [-0.3, -0.25) is 0 Å². The minimum absolute atomic E-state index is 0. The molecular weight excluding hydrogens is 434 g/mol. The Morgan fingerprint density at radius 3 is 2.06 bits per heavy atom. The molecule has 2 N–H and O–H groups in total. The summed E-state index contributed by atoms with van der Waals surface area (Å²) >= 11 is 0. The van der Waals surface area contributed by atoms with E-state index in [2.05, 4.69) is 66.8 Å². The zero-order chi connectivity index (χ0) is 25.5. The van der Waals surface area contributed by atoms with E-state index >= 15 is 0 Å². The second-order valence-corrected chi connectivity index (χ2v) is 11.2. The van der Waals surface area contributed by atoms with Gasteiger partial charge in [-0.2, -0.15) is 0 Å². The van der Waals surface area contributed by atoms with Crippen LogP contribution in [0, 0.1) is 18.3 Å². The summed E-state index contributed by atoms with van der Waals surface area (Å²) < 4.78 is 0. The Kier molecular flexibility index (Phi) is 13.8. The Bertz CT molecular complexity index is 1010. The number of hydrogen-bond acceptors (Lipinski definition) is 1. The normalized spacial score (nSPS) is 14.0. The van der Waals surface area contributed by atoms with Crippen LogP contribution in [0.5, 0.6) is 0 Å². The average molecular weight is 490 g/mol. The van der Waals surface area contributed by atoms with Gasteiger partial charge in [0.05, 0.1) is 0 Å². The van der Waals surface area contributed by atoms with Crippen molar-refractivity contribution in [1.29, 1.82) is 0 Å². The summed E-state index contributed by atoms with van der Waals surface area (Å²) in [7, 11) is 0. The molecule has 1 heteroatoms. The minimum Gasteiger partial charge on any atom is -0.399 e. The maximum Gasteiger partial charge on any atom is 0.0314 e. The van der Waals surface area contributed by atoms with E-state index in [0.717, 1.165) is 22.7 Å². The average Bonchev–Trinajstić information content (AvgIpc) is 3.54. The number of benzene rings is 2. The van der Waals surface area contributed by atoms with Gasteiger partial charge in [0, 0.05) is 5.69 Å². The standard InChI is InChI=1S/C18H22.C9H11N.C6H14.2CH4/c1-4-14-11-16-6-5-7-17(16)13(3)18(14)10-12(2)15-8-9-15;1-7(2)8-3-5-9(10)6-4-8;1-5-6(2,3)4;;/h4,10-11,15H,1,5-9H2,2-3H3;3-6H,1,10H2,2H3;5H2,1-4H3;2*1H4/b12-10+;;;;. The molecule has 0 amide bonds. The highest BCUT2D eigenvalue weighted by molar-refractivity contribution is 5.71. The summed E-state index contributed by atoms with van der Waals surface area (Å²) in [5.74, 6) is 0.857. The molecule has 0 radical (unpaired) electrons.